The zero-order valence-corrected chi connectivity index (χ0v) is 23.6. The van der Waals surface area contributed by atoms with Crippen LogP contribution in [-0.4, -0.2) is 50.5 Å². The van der Waals surface area contributed by atoms with E-state index < -0.39 is 16.1 Å². The summed E-state index contributed by atoms with van der Waals surface area (Å²) in [7, 11) is -3.54. The Balaban J connectivity index is 2.20. The summed E-state index contributed by atoms with van der Waals surface area (Å²) in [5.41, 5.74) is 3.30. The first-order valence-electron chi connectivity index (χ1n) is 12.2. The molecule has 0 bridgehead atoms. The van der Waals surface area contributed by atoms with Gasteiger partial charge in [0.05, 0.1) is 11.9 Å². The number of nitrogens with zero attached hydrogens (tertiary/aromatic N) is 2. The van der Waals surface area contributed by atoms with Gasteiger partial charge in [-0.15, -0.1) is 0 Å². The van der Waals surface area contributed by atoms with E-state index in [1.165, 1.54) is 15.5 Å². The van der Waals surface area contributed by atoms with Gasteiger partial charge >= 0.3 is 0 Å². The lowest BCUT2D eigenvalue weighted by Gasteiger charge is -2.30. The Morgan fingerprint density at radius 1 is 1.06 bits per heavy atom. The summed E-state index contributed by atoms with van der Waals surface area (Å²) in [5, 5.41) is 3.45. The maximum atomic E-state index is 13.4. The van der Waals surface area contributed by atoms with Gasteiger partial charge in [0, 0.05) is 31.1 Å². The fourth-order valence-corrected chi connectivity index (χ4v) is 5.08. The van der Waals surface area contributed by atoms with Gasteiger partial charge in [-0.2, -0.15) is 0 Å². The molecule has 0 fully saturated rings. The number of amides is 2. The van der Waals surface area contributed by atoms with Crippen LogP contribution < -0.4 is 9.62 Å². The molecule has 0 heterocycles. The van der Waals surface area contributed by atoms with E-state index in [9.17, 15) is 18.0 Å². The zero-order chi connectivity index (χ0) is 27.0. The third-order valence-electron chi connectivity index (χ3n) is 6.09. The van der Waals surface area contributed by atoms with Crippen LogP contribution >= 0.6 is 11.6 Å². The summed E-state index contributed by atoms with van der Waals surface area (Å²) in [6, 6.07) is 12.0. The quantitative estimate of drug-likeness (QED) is 0.427. The second kappa shape index (κ2) is 13.1. The first-order valence-corrected chi connectivity index (χ1v) is 14.4. The van der Waals surface area contributed by atoms with Crippen LogP contribution in [-0.2, 0) is 26.2 Å². The van der Waals surface area contributed by atoms with Crippen LogP contribution in [0, 0.1) is 19.8 Å². The molecule has 1 N–H and O–H groups in total. The highest BCUT2D eigenvalue weighted by molar-refractivity contribution is 7.92. The van der Waals surface area contributed by atoms with Gasteiger partial charge in [-0.25, -0.2) is 8.42 Å². The number of benzene rings is 2. The van der Waals surface area contributed by atoms with Gasteiger partial charge in [0.1, 0.15) is 6.04 Å². The molecule has 7 nitrogen and oxygen atoms in total. The van der Waals surface area contributed by atoms with Crippen molar-refractivity contribution in [1.82, 2.24) is 10.2 Å². The van der Waals surface area contributed by atoms with Crippen molar-refractivity contribution in [3.63, 3.8) is 0 Å². The minimum atomic E-state index is -3.54. The highest BCUT2D eigenvalue weighted by Crippen LogP contribution is 2.25. The second-order valence-electron chi connectivity index (χ2n) is 9.62. The van der Waals surface area contributed by atoms with Crippen molar-refractivity contribution in [1.29, 1.82) is 0 Å². The van der Waals surface area contributed by atoms with Crippen molar-refractivity contribution in [3.05, 3.63) is 64.2 Å². The van der Waals surface area contributed by atoms with Crippen LogP contribution in [0.15, 0.2) is 42.5 Å². The number of rotatable bonds is 12. The Kier molecular flexibility index (Phi) is 10.8. The van der Waals surface area contributed by atoms with Crippen molar-refractivity contribution in [3.8, 4) is 0 Å². The molecular formula is C27H38ClN3O4S. The van der Waals surface area contributed by atoms with Gasteiger partial charge < -0.3 is 10.2 Å². The predicted molar refractivity (Wildman–Crippen MR) is 147 cm³/mol. The van der Waals surface area contributed by atoms with Crippen LogP contribution in [0.3, 0.4) is 0 Å². The fourth-order valence-electron chi connectivity index (χ4n) is 3.86. The summed E-state index contributed by atoms with van der Waals surface area (Å²) >= 11 is 6.13. The van der Waals surface area contributed by atoms with Crippen LogP contribution in [0.2, 0.25) is 5.02 Å². The normalized spacial score (nSPS) is 12.3. The average Bonchev–Trinajstić information content (AvgIpc) is 2.79. The monoisotopic (exact) mass is 535 g/mol. The molecule has 198 valence electrons. The molecule has 0 aromatic heterocycles. The lowest BCUT2D eigenvalue weighted by atomic mass is 10.1. The van der Waals surface area contributed by atoms with Crippen LogP contribution in [0.1, 0.15) is 50.3 Å². The van der Waals surface area contributed by atoms with E-state index in [-0.39, 0.29) is 37.2 Å². The molecule has 36 heavy (non-hydrogen) atoms. The second-order valence-corrected chi connectivity index (χ2v) is 12.0. The van der Waals surface area contributed by atoms with E-state index in [0.717, 1.165) is 16.7 Å². The molecule has 0 aliphatic heterocycles. The van der Waals surface area contributed by atoms with Crippen molar-refractivity contribution >= 4 is 39.1 Å². The molecule has 2 rings (SSSR count). The van der Waals surface area contributed by atoms with Crippen molar-refractivity contribution in [2.24, 2.45) is 5.92 Å². The van der Waals surface area contributed by atoms with Crippen molar-refractivity contribution in [2.45, 2.75) is 60.0 Å². The fraction of sp³-hybridized carbons (Fsp3) is 0.481. The Hall–Kier alpha value is -2.58. The zero-order valence-electron chi connectivity index (χ0n) is 22.0. The van der Waals surface area contributed by atoms with Gasteiger partial charge in [0.25, 0.3) is 0 Å². The summed E-state index contributed by atoms with van der Waals surface area (Å²) in [6.07, 6.45) is 1.58. The molecule has 2 aromatic rings. The number of aryl methyl sites for hydroxylation is 1. The van der Waals surface area contributed by atoms with Crippen LogP contribution in [0.25, 0.3) is 0 Å². The first-order chi connectivity index (χ1) is 16.8. The molecule has 0 aliphatic carbocycles. The summed E-state index contributed by atoms with van der Waals surface area (Å²) < 4.78 is 26.5. The first kappa shape index (κ1) is 29.6. The number of hydrogen-bond donors (Lipinski definition) is 1. The molecule has 1 atom stereocenters. The maximum absolute atomic E-state index is 13.4. The molecule has 0 spiro atoms. The molecular weight excluding hydrogens is 498 g/mol. The maximum Gasteiger partial charge on any atom is 0.242 e. The van der Waals surface area contributed by atoms with Gasteiger partial charge in [-0.05, 0) is 68.0 Å². The highest BCUT2D eigenvalue weighted by Gasteiger charge is 2.27. The van der Waals surface area contributed by atoms with Gasteiger partial charge in [0.2, 0.25) is 21.8 Å². The summed E-state index contributed by atoms with van der Waals surface area (Å²) in [6.45, 7) is 10.4. The van der Waals surface area contributed by atoms with E-state index in [4.69, 9.17) is 11.6 Å². The van der Waals surface area contributed by atoms with Crippen LogP contribution in [0.4, 0.5) is 5.69 Å². The smallest absolute Gasteiger partial charge is 0.242 e. The Bertz CT molecular complexity index is 1170. The Morgan fingerprint density at radius 3 is 2.33 bits per heavy atom. The molecule has 0 aliphatic rings. The molecule has 9 heteroatoms. The lowest BCUT2D eigenvalue weighted by Crippen LogP contribution is -2.48. The summed E-state index contributed by atoms with van der Waals surface area (Å²) in [5.74, 6) is -0.172. The molecule has 0 radical (unpaired) electrons. The molecule has 2 aromatic carbocycles. The summed E-state index contributed by atoms with van der Waals surface area (Å²) in [4.78, 5) is 27.7. The number of sulfonamides is 1. The SMILES string of the molecule is Cc1cccc(N(CCCC(=O)N(Cc2cccc(Cl)c2)[C@H](C)C(=O)NCC(C)C)S(C)(=O)=O)c1C. The standard InChI is InChI=1S/C27H38ClN3O4S/c1-19(2)17-29-27(33)22(5)30(18-23-11-8-12-24(28)16-23)26(32)14-9-15-31(36(6,34)35)25-13-7-10-20(3)21(25)4/h7-8,10-13,16,19,22H,9,14-15,17-18H2,1-6H3,(H,29,33)/t22-/m1/s1. The third-order valence-corrected chi connectivity index (χ3v) is 7.51. The van der Waals surface area contributed by atoms with E-state index >= 15 is 0 Å². The van der Waals surface area contributed by atoms with Gasteiger partial charge in [-0.3, -0.25) is 13.9 Å². The van der Waals surface area contributed by atoms with Gasteiger partial charge in [-0.1, -0.05) is 49.7 Å². The van der Waals surface area contributed by atoms with E-state index in [2.05, 4.69) is 5.32 Å². The van der Waals surface area contributed by atoms with Crippen molar-refractivity contribution < 1.29 is 18.0 Å². The lowest BCUT2D eigenvalue weighted by molar-refractivity contribution is -0.140. The topological polar surface area (TPSA) is 86.8 Å². The minimum absolute atomic E-state index is 0.0965. The molecule has 0 saturated carbocycles. The van der Waals surface area contributed by atoms with Crippen molar-refractivity contribution in [2.75, 3.05) is 23.7 Å². The molecule has 0 saturated heterocycles. The average molecular weight is 536 g/mol. The minimum Gasteiger partial charge on any atom is -0.354 e. The number of anilines is 1. The van der Waals surface area contributed by atoms with E-state index in [1.54, 1.807) is 31.2 Å². The van der Waals surface area contributed by atoms with E-state index in [0.29, 0.717) is 23.7 Å². The highest BCUT2D eigenvalue weighted by atomic mass is 35.5. The Labute approximate surface area is 220 Å². The van der Waals surface area contributed by atoms with Gasteiger partial charge in [0.15, 0.2) is 0 Å². The largest absolute Gasteiger partial charge is 0.354 e. The molecule has 2 amide bonds. The Morgan fingerprint density at radius 2 is 1.72 bits per heavy atom. The van der Waals surface area contributed by atoms with E-state index in [1.807, 2.05) is 45.9 Å². The van der Waals surface area contributed by atoms with Crippen LogP contribution in [0.5, 0.6) is 0 Å². The number of hydrogen-bond acceptors (Lipinski definition) is 4. The molecule has 0 unspecified atom stereocenters. The third kappa shape index (κ3) is 8.52. The number of carbonyl (C=O) groups excluding carboxylic acids is 2. The number of halogens is 1. The number of nitrogens with one attached hydrogen (secondary N) is 1. The predicted octanol–water partition coefficient (Wildman–Crippen LogP) is 4.69. The number of carbonyl (C=O) groups is 2.